The molecule has 7 nitrogen and oxygen atoms in total. The van der Waals surface area contributed by atoms with E-state index in [1.54, 1.807) is 0 Å². The Morgan fingerprint density at radius 2 is 2.12 bits per heavy atom. The summed E-state index contributed by atoms with van der Waals surface area (Å²) in [6.07, 6.45) is 4.99. The molecule has 0 atom stereocenters. The lowest BCUT2D eigenvalue weighted by Crippen LogP contribution is -2.15. The van der Waals surface area contributed by atoms with Gasteiger partial charge in [-0.25, -0.2) is 4.39 Å². The molecule has 0 saturated carbocycles. The molecule has 2 aromatic rings. The van der Waals surface area contributed by atoms with E-state index >= 15 is 0 Å². The SMILES string of the molecule is C#CCOOc1cc(NC(=O)c2ccccc2[N+](=O)[O-])c(F)cc1Cl. The van der Waals surface area contributed by atoms with Crippen LogP contribution in [0.5, 0.6) is 5.75 Å². The number of nitrogens with zero attached hydrogens (tertiary/aromatic N) is 1. The molecule has 0 fully saturated rings. The van der Waals surface area contributed by atoms with Gasteiger partial charge in [0.05, 0.1) is 15.6 Å². The lowest BCUT2D eigenvalue weighted by atomic mass is 10.1. The third-order valence-corrected chi connectivity index (χ3v) is 3.20. The van der Waals surface area contributed by atoms with E-state index in [1.807, 2.05) is 0 Å². The van der Waals surface area contributed by atoms with Gasteiger partial charge < -0.3 is 10.2 Å². The first-order valence-electron chi connectivity index (χ1n) is 6.70. The second-order valence-electron chi connectivity index (χ2n) is 4.54. The Hall–Kier alpha value is -3.15. The predicted molar refractivity (Wildman–Crippen MR) is 87.9 cm³/mol. The summed E-state index contributed by atoms with van der Waals surface area (Å²) in [6.45, 7) is -0.175. The van der Waals surface area contributed by atoms with Crippen molar-refractivity contribution in [3.8, 4) is 18.1 Å². The average molecular weight is 365 g/mol. The zero-order valence-corrected chi connectivity index (χ0v) is 13.2. The molecule has 0 saturated heterocycles. The number of nitro groups is 1. The summed E-state index contributed by atoms with van der Waals surface area (Å²) < 4.78 is 14.0. The molecule has 0 spiro atoms. The Kier molecular flexibility index (Phi) is 5.89. The predicted octanol–water partition coefficient (Wildman–Crippen LogP) is 3.58. The van der Waals surface area contributed by atoms with E-state index in [2.05, 4.69) is 16.1 Å². The molecular formula is C16H10ClFN2O5. The van der Waals surface area contributed by atoms with Gasteiger partial charge in [0.1, 0.15) is 11.4 Å². The Balaban J connectivity index is 2.28. The quantitative estimate of drug-likeness (QED) is 0.278. The molecule has 0 aliphatic heterocycles. The number of amides is 1. The van der Waals surface area contributed by atoms with Crippen LogP contribution < -0.4 is 10.2 Å². The molecule has 1 amide bonds. The van der Waals surface area contributed by atoms with Crippen LogP contribution in [0.3, 0.4) is 0 Å². The van der Waals surface area contributed by atoms with Crippen molar-refractivity contribution in [1.82, 2.24) is 0 Å². The van der Waals surface area contributed by atoms with Crippen molar-refractivity contribution >= 4 is 28.9 Å². The molecule has 0 unspecified atom stereocenters. The van der Waals surface area contributed by atoms with Crippen molar-refractivity contribution in [3.63, 3.8) is 0 Å². The van der Waals surface area contributed by atoms with Crippen LogP contribution >= 0.6 is 11.6 Å². The van der Waals surface area contributed by atoms with Crippen molar-refractivity contribution in [1.29, 1.82) is 0 Å². The lowest BCUT2D eigenvalue weighted by molar-refractivity contribution is -0.385. The van der Waals surface area contributed by atoms with Gasteiger partial charge in [-0.1, -0.05) is 29.7 Å². The number of carbonyl (C=O) groups is 1. The van der Waals surface area contributed by atoms with Crippen LogP contribution in [-0.2, 0) is 4.89 Å². The minimum absolute atomic E-state index is 0.0869. The average Bonchev–Trinajstić information content (AvgIpc) is 2.58. The van der Waals surface area contributed by atoms with Crippen LogP contribution in [-0.4, -0.2) is 17.4 Å². The van der Waals surface area contributed by atoms with Crippen molar-refractivity contribution < 1.29 is 23.9 Å². The molecular weight excluding hydrogens is 355 g/mol. The number of anilines is 1. The Labute approximate surface area is 146 Å². The highest BCUT2D eigenvalue weighted by Crippen LogP contribution is 2.31. The Bertz CT molecular complexity index is 866. The van der Waals surface area contributed by atoms with Gasteiger partial charge >= 0.3 is 0 Å². The Morgan fingerprint density at radius 3 is 2.80 bits per heavy atom. The monoisotopic (exact) mass is 364 g/mol. The zero-order valence-electron chi connectivity index (χ0n) is 12.5. The van der Waals surface area contributed by atoms with Crippen molar-refractivity contribution in [2.45, 2.75) is 0 Å². The van der Waals surface area contributed by atoms with Gasteiger partial charge in [0.25, 0.3) is 11.6 Å². The first-order chi connectivity index (χ1) is 11.9. The third-order valence-electron chi connectivity index (χ3n) is 2.91. The number of nitrogens with one attached hydrogen (secondary N) is 1. The molecule has 2 rings (SSSR count). The molecule has 25 heavy (non-hydrogen) atoms. The van der Waals surface area contributed by atoms with E-state index in [0.29, 0.717) is 0 Å². The summed E-state index contributed by atoms with van der Waals surface area (Å²) in [5.74, 6) is 0.338. The molecule has 1 N–H and O–H groups in total. The topological polar surface area (TPSA) is 90.7 Å². The molecule has 128 valence electrons. The summed E-state index contributed by atoms with van der Waals surface area (Å²) >= 11 is 5.80. The highest BCUT2D eigenvalue weighted by Gasteiger charge is 2.21. The maximum Gasteiger partial charge on any atom is 0.282 e. The van der Waals surface area contributed by atoms with Gasteiger partial charge in [0.2, 0.25) is 0 Å². The summed E-state index contributed by atoms with van der Waals surface area (Å²) in [4.78, 5) is 32.0. The smallest absolute Gasteiger partial charge is 0.282 e. The molecule has 0 heterocycles. The standard InChI is InChI=1S/C16H10ClFN2O5/c1-2-7-24-25-15-9-13(12(18)8-11(15)17)19-16(21)10-5-3-4-6-14(10)20(22)23/h1,3-6,8-9H,7H2,(H,19,21). The van der Waals surface area contributed by atoms with Crippen LogP contribution in [0.2, 0.25) is 5.02 Å². The molecule has 0 bridgehead atoms. The minimum Gasteiger partial charge on any atom is -0.335 e. The van der Waals surface area contributed by atoms with E-state index < -0.39 is 22.3 Å². The fourth-order valence-electron chi connectivity index (χ4n) is 1.83. The normalized spacial score (nSPS) is 9.96. The number of rotatable bonds is 6. The lowest BCUT2D eigenvalue weighted by Gasteiger charge is -2.10. The number of hydrogen-bond donors (Lipinski definition) is 1. The molecule has 2 aromatic carbocycles. The second kappa shape index (κ2) is 8.10. The molecule has 0 aliphatic rings. The van der Waals surface area contributed by atoms with Gasteiger partial charge in [0, 0.05) is 12.1 Å². The number of hydrogen-bond acceptors (Lipinski definition) is 5. The number of halogens is 2. The van der Waals surface area contributed by atoms with Crippen LogP contribution in [0.25, 0.3) is 0 Å². The van der Waals surface area contributed by atoms with Crippen molar-refractivity contribution in [2.75, 3.05) is 11.9 Å². The van der Waals surface area contributed by atoms with E-state index in [-0.39, 0.29) is 28.6 Å². The number of nitro benzene ring substituents is 1. The van der Waals surface area contributed by atoms with Gasteiger partial charge in [-0.2, -0.15) is 4.89 Å². The van der Waals surface area contributed by atoms with Crippen LogP contribution in [0.15, 0.2) is 36.4 Å². The number of carbonyl (C=O) groups excluding carboxylic acids is 1. The van der Waals surface area contributed by atoms with E-state index in [1.165, 1.54) is 18.2 Å². The van der Waals surface area contributed by atoms with Crippen molar-refractivity contribution in [2.24, 2.45) is 0 Å². The van der Waals surface area contributed by atoms with Crippen LogP contribution in [0.1, 0.15) is 10.4 Å². The summed E-state index contributed by atoms with van der Waals surface area (Å²) in [6, 6.07) is 7.23. The molecule has 9 heteroatoms. The molecule has 0 aromatic heterocycles. The fourth-order valence-corrected chi connectivity index (χ4v) is 2.01. The summed E-state index contributed by atoms with van der Waals surface area (Å²) in [7, 11) is 0. The summed E-state index contributed by atoms with van der Waals surface area (Å²) in [5, 5.41) is 13.1. The first-order valence-corrected chi connectivity index (χ1v) is 7.08. The van der Waals surface area contributed by atoms with Crippen LogP contribution in [0.4, 0.5) is 15.8 Å². The fraction of sp³-hybridized carbons (Fsp3) is 0.0625. The highest BCUT2D eigenvalue weighted by molar-refractivity contribution is 6.32. The molecule has 0 radical (unpaired) electrons. The largest absolute Gasteiger partial charge is 0.335 e. The van der Waals surface area contributed by atoms with E-state index in [4.69, 9.17) is 22.9 Å². The van der Waals surface area contributed by atoms with Gasteiger partial charge in [-0.15, -0.1) is 6.42 Å². The van der Waals surface area contributed by atoms with Gasteiger partial charge in [-0.3, -0.25) is 14.9 Å². The number of benzene rings is 2. The highest BCUT2D eigenvalue weighted by atomic mass is 35.5. The zero-order chi connectivity index (χ0) is 18.4. The van der Waals surface area contributed by atoms with E-state index in [0.717, 1.165) is 18.2 Å². The Morgan fingerprint density at radius 1 is 1.40 bits per heavy atom. The van der Waals surface area contributed by atoms with Crippen LogP contribution in [0, 0.1) is 28.3 Å². The first kappa shape index (κ1) is 18.2. The summed E-state index contributed by atoms with van der Waals surface area (Å²) in [5.41, 5.74) is -0.942. The van der Waals surface area contributed by atoms with E-state index in [9.17, 15) is 19.3 Å². The van der Waals surface area contributed by atoms with Crippen molar-refractivity contribution in [3.05, 3.63) is 62.9 Å². The van der Waals surface area contributed by atoms with Gasteiger partial charge in [0.15, 0.2) is 12.4 Å². The number of para-hydroxylation sites is 1. The molecule has 0 aliphatic carbocycles. The van der Waals surface area contributed by atoms with Gasteiger partial charge in [-0.05, 0) is 12.1 Å². The minimum atomic E-state index is -0.871. The second-order valence-corrected chi connectivity index (χ2v) is 4.95. The third kappa shape index (κ3) is 4.44. The maximum absolute atomic E-state index is 14.0. The maximum atomic E-state index is 14.0. The number of terminal acetylenes is 1.